The second kappa shape index (κ2) is 12.1. The van der Waals surface area contributed by atoms with Crippen molar-refractivity contribution in [1.29, 1.82) is 0 Å². The fourth-order valence-corrected chi connectivity index (χ4v) is 3.57. The molecule has 0 aliphatic carbocycles. The number of carbonyl (C=O) groups is 3. The molecule has 182 valence electrons. The van der Waals surface area contributed by atoms with Crippen LogP contribution in [-0.4, -0.2) is 28.7 Å². The number of nitrogens with one attached hydrogen (secondary N) is 2. The van der Waals surface area contributed by atoms with Crippen LogP contribution in [0.3, 0.4) is 0 Å². The third kappa shape index (κ3) is 7.35. The van der Waals surface area contributed by atoms with Crippen LogP contribution in [0.25, 0.3) is 0 Å². The summed E-state index contributed by atoms with van der Waals surface area (Å²) < 4.78 is 13.7. The normalized spacial score (nSPS) is 11.6. The second-order valence-electron chi connectivity index (χ2n) is 8.12. The molecule has 0 saturated heterocycles. The average Bonchev–Trinajstić information content (AvgIpc) is 2.82. The molecule has 0 spiro atoms. The van der Waals surface area contributed by atoms with E-state index in [0.29, 0.717) is 22.1 Å². The number of halogens is 2. The monoisotopic (exact) mass is 496 g/mol. The minimum Gasteiger partial charge on any atom is -0.352 e. The fourth-order valence-electron chi connectivity index (χ4n) is 3.45. The Kier molecular flexibility index (Phi) is 8.92. The maximum Gasteiger partial charge on any atom is 0.248 e. The minimum absolute atomic E-state index is 0.133. The Balaban J connectivity index is 1.92. The highest BCUT2D eigenvalue weighted by atomic mass is 35.5. The van der Waals surface area contributed by atoms with Crippen molar-refractivity contribution in [3.05, 3.63) is 89.3 Å². The van der Waals surface area contributed by atoms with E-state index >= 15 is 0 Å². The standard InChI is InChI=1S/C26H26ClFN4O3/c1-17(2)30-26(35)25(18-6-8-19(27)9-7-18)32(21-12-10-20(28)11-13-21)24(34)15-14-23(33)31-22-5-3-4-16-29-22/h3-13,16-17,25H,14-15H2,1-2H3,(H,30,35)(H,29,31,33)/t25-/m1/s1. The van der Waals surface area contributed by atoms with E-state index < -0.39 is 29.6 Å². The van der Waals surface area contributed by atoms with E-state index in [9.17, 15) is 18.8 Å². The van der Waals surface area contributed by atoms with Crippen LogP contribution >= 0.6 is 11.6 Å². The molecule has 9 heteroatoms. The fraction of sp³-hybridized carbons (Fsp3) is 0.231. The van der Waals surface area contributed by atoms with E-state index in [1.807, 2.05) is 13.8 Å². The molecule has 3 rings (SSSR count). The summed E-state index contributed by atoms with van der Waals surface area (Å²) in [5, 5.41) is 5.95. The van der Waals surface area contributed by atoms with E-state index in [4.69, 9.17) is 11.6 Å². The summed E-state index contributed by atoms with van der Waals surface area (Å²) in [6.07, 6.45) is 1.22. The van der Waals surface area contributed by atoms with Crippen molar-refractivity contribution in [3.8, 4) is 0 Å². The van der Waals surface area contributed by atoms with Crippen molar-refractivity contribution >= 4 is 40.8 Å². The predicted octanol–water partition coefficient (Wildman–Crippen LogP) is 4.89. The van der Waals surface area contributed by atoms with Crippen molar-refractivity contribution in [2.45, 2.75) is 38.8 Å². The summed E-state index contributed by atoms with van der Waals surface area (Å²) in [7, 11) is 0. The van der Waals surface area contributed by atoms with Crippen LogP contribution in [0, 0.1) is 5.82 Å². The van der Waals surface area contributed by atoms with Crippen molar-refractivity contribution in [3.63, 3.8) is 0 Å². The molecule has 0 saturated carbocycles. The van der Waals surface area contributed by atoms with Crippen LogP contribution < -0.4 is 15.5 Å². The molecule has 3 amide bonds. The summed E-state index contributed by atoms with van der Waals surface area (Å²) in [5.41, 5.74) is 0.837. The number of benzene rings is 2. The first-order chi connectivity index (χ1) is 16.7. The lowest BCUT2D eigenvalue weighted by molar-refractivity contribution is -0.127. The van der Waals surface area contributed by atoms with Crippen LogP contribution in [0.15, 0.2) is 72.9 Å². The first-order valence-corrected chi connectivity index (χ1v) is 11.5. The number of hydrogen-bond donors (Lipinski definition) is 2. The molecule has 2 N–H and O–H groups in total. The zero-order chi connectivity index (χ0) is 25.4. The molecular formula is C26H26ClFN4O3. The molecular weight excluding hydrogens is 471 g/mol. The van der Waals surface area contributed by atoms with Crippen molar-refractivity contribution in [1.82, 2.24) is 10.3 Å². The molecule has 1 atom stereocenters. The maximum atomic E-state index is 13.7. The Bertz CT molecular complexity index is 1160. The van der Waals surface area contributed by atoms with E-state index in [2.05, 4.69) is 15.6 Å². The number of rotatable bonds is 9. The van der Waals surface area contributed by atoms with Gasteiger partial charge in [-0.25, -0.2) is 9.37 Å². The highest BCUT2D eigenvalue weighted by Crippen LogP contribution is 2.30. The van der Waals surface area contributed by atoms with E-state index in [1.165, 1.54) is 29.2 Å². The number of hydrogen-bond acceptors (Lipinski definition) is 4. The molecule has 0 bridgehead atoms. The lowest BCUT2D eigenvalue weighted by Gasteiger charge is -2.32. The zero-order valence-electron chi connectivity index (χ0n) is 19.4. The van der Waals surface area contributed by atoms with Crippen LogP contribution in [-0.2, 0) is 14.4 Å². The summed E-state index contributed by atoms with van der Waals surface area (Å²) in [4.78, 5) is 44.5. The summed E-state index contributed by atoms with van der Waals surface area (Å²) in [5.74, 6) is -1.41. The number of pyridine rings is 1. The molecule has 7 nitrogen and oxygen atoms in total. The first kappa shape index (κ1) is 25.8. The van der Waals surface area contributed by atoms with Crippen LogP contribution in [0.5, 0.6) is 0 Å². The predicted molar refractivity (Wildman–Crippen MR) is 133 cm³/mol. The number of amides is 3. The Hall–Kier alpha value is -3.78. The molecule has 0 unspecified atom stereocenters. The Morgan fingerprint density at radius 1 is 0.971 bits per heavy atom. The quantitative estimate of drug-likeness (QED) is 0.441. The number of carbonyl (C=O) groups excluding carboxylic acids is 3. The van der Waals surface area contributed by atoms with Gasteiger partial charge in [0.1, 0.15) is 17.7 Å². The highest BCUT2D eigenvalue weighted by molar-refractivity contribution is 6.30. The van der Waals surface area contributed by atoms with Gasteiger partial charge < -0.3 is 10.6 Å². The summed E-state index contributed by atoms with van der Waals surface area (Å²) in [6.45, 7) is 3.62. The minimum atomic E-state index is -1.06. The Labute approximate surface area is 208 Å². The van der Waals surface area contributed by atoms with Crippen molar-refractivity contribution in [2.24, 2.45) is 0 Å². The maximum absolute atomic E-state index is 13.7. The van der Waals surface area contributed by atoms with E-state index in [1.54, 1.807) is 48.7 Å². The first-order valence-electron chi connectivity index (χ1n) is 11.1. The van der Waals surface area contributed by atoms with Gasteiger partial charge in [-0.15, -0.1) is 0 Å². The molecule has 0 aliphatic rings. The van der Waals surface area contributed by atoms with Crippen LogP contribution in [0.2, 0.25) is 5.02 Å². The SMILES string of the molecule is CC(C)NC(=O)[C@@H](c1ccc(Cl)cc1)N(C(=O)CCC(=O)Nc1ccccn1)c1ccc(F)cc1. The van der Waals surface area contributed by atoms with Gasteiger partial charge in [0.15, 0.2) is 0 Å². The molecule has 0 fully saturated rings. The van der Waals surface area contributed by atoms with E-state index in [0.717, 1.165) is 0 Å². The molecule has 1 heterocycles. The van der Waals surface area contributed by atoms with Crippen LogP contribution in [0.4, 0.5) is 15.9 Å². The van der Waals surface area contributed by atoms with Gasteiger partial charge in [-0.2, -0.15) is 0 Å². The molecule has 35 heavy (non-hydrogen) atoms. The van der Waals surface area contributed by atoms with Gasteiger partial charge in [0.25, 0.3) is 0 Å². The second-order valence-corrected chi connectivity index (χ2v) is 8.56. The van der Waals surface area contributed by atoms with Crippen molar-refractivity contribution in [2.75, 3.05) is 10.2 Å². The average molecular weight is 497 g/mol. The Morgan fingerprint density at radius 2 is 1.66 bits per heavy atom. The highest BCUT2D eigenvalue weighted by Gasteiger charge is 2.33. The largest absolute Gasteiger partial charge is 0.352 e. The Morgan fingerprint density at radius 3 is 2.26 bits per heavy atom. The number of anilines is 2. The molecule has 2 aromatic carbocycles. The molecule has 0 radical (unpaired) electrons. The van der Waals surface area contributed by atoms with Gasteiger partial charge >= 0.3 is 0 Å². The summed E-state index contributed by atoms with van der Waals surface area (Å²) in [6, 6.07) is 15.7. The number of aromatic nitrogens is 1. The molecule has 3 aromatic rings. The van der Waals surface area contributed by atoms with Gasteiger partial charge in [0, 0.05) is 35.8 Å². The lowest BCUT2D eigenvalue weighted by atomic mass is 10.0. The molecule has 1 aromatic heterocycles. The van der Waals surface area contributed by atoms with E-state index in [-0.39, 0.29) is 18.9 Å². The van der Waals surface area contributed by atoms with Gasteiger partial charge in [-0.1, -0.05) is 29.8 Å². The van der Waals surface area contributed by atoms with Gasteiger partial charge in [0.05, 0.1) is 0 Å². The topological polar surface area (TPSA) is 91.4 Å². The third-order valence-electron chi connectivity index (χ3n) is 5.00. The van der Waals surface area contributed by atoms with Gasteiger partial charge in [-0.3, -0.25) is 19.3 Å². The lowest BCUT2D eigenvalue weighted by Crippen LogP contribution is -2.46. The van der Waals surface area contributed by atoms with Gasteiger partial charge in [-0.05, 0) is 67.9 Å². The molecule has 0 aliphatic heterocycles. The van der Waals surface area contributed by atoms with Crippen molar-refractivity contribution < 1.29 is 18.8 Å². The smallest absolute Gasteiger partial charge is 0.248 e. The number of nitrogens with zero attached hydrogens (tertiary/aromatic N) is 2. The van der Waals surface area contributed by atoms with Gasteiger partial charge in [0.2, 0.25) is 17.7 Å². The van der Waals surface area contributed by atoms with Crippen LogP contribution in [0.1, 0.15) is 38.3 Å². The third-order valence-corrected chi connectivity index (χ3v) is 5.25. The zero-order valence-corrected chi connectivity index (χ0v) is 20.1. The summed E-state index contributed by atoms with van der Waals surface area (Å²) >= 11 is 6.04.